The number of rotatable bonds is 3. The van der Waals surface area contributed by atoms with Crippen molar-refractivity contribution in [2.75, 3.05) is 6.54 Å². The maximum Gasteiger partial charge on any atom is 0.252 e. The predicted octanol–water partition coefficient (Wildman–Crippen LogP) is 2.13. The van der Waals surface area contributed by atoms with Gasteiger partial charge in [0, 0.05) is 13.1 Å². The van der Waals surface area contributed by atoms with Crippen molar-refractivity contribution in [3.8, 4) is 0 Å². The van der Waals surface area contributed by atoms with Gasteiger partial charge in [0.1, 0.15) is 9.20 Å². The van der Waals surface area contributed by atoms with Gasteiger partial charge in [-0.1, -0.05) is 36.5 Å². The van der Waals surface area contributed by atoms with Crippen molar-refractivity contribution >= 4 is 38.6 Å². The van der Waals surface area contributed by atoms with E-state index in [0.717, 1.165) is 23.3 Å². The van der Waals surface area contributed by atoms with Crippen LogP contribution in [0, 0.1) is 0 Å². The van der Waals surface area contributed by atoms with Crippen molar-refractivity contribution in [1.82, 2.24) is 4.31 Å². The van der Waals surface area contributed by atoms with E-state index in [1.807, 2.05) is 18.2 Å². The molecule has 110 valence electrons. The van der Waals surface area contributed by atoms with E-state index >= 15 is 0 Å². The van der Waals surface area contributed by atoms with E-state index < -0.39 is 10.0 Å². The Hall–Kier alpha value is -1.28. The molecule has 0 radical (unpaired) electrons. The molecule has 0 bridgehead atoms. The number of nitrogens with zero attached hydrogens (tertiary/aromatic N) is 1. The first-order chi connectivity index (χ1) is 9.98. The zero-order chi connectivity index (χ0) is 15.0. The number of hydrogen-bond acceptors (Lipinski definition) is 4. The summed E-state index contributed by atoms with van der Waals surface area (Å²) in [5.74, 6) is 0. The molecule has 3 rings (SSSR count). The summed E-state index contributed by atoms with van der Waals surface area (Å²) in [6.45, 7) is 0.915. The molecule has 1 aromatic carbocycles. The average Bonchev–Trinajstić information content (AvgIpc) is 2.97. The van der Waals surface area contributed by atoms with Crippen LogP contribution in [-0.2, 0) is 23.0 Å². The third-order valence-corrected chi connectivity index (χ3v) is 7.29. The number of thiocarbonyl (C=S) groups is 1. The van der Waals surface area contributed by atoms with Gasteiger partial charge in [0.05, 0.1) is 4.88 Å². The van der Waals surface area contributed by atoms with Gasteiger partial charge in [0.15, 0.2) is 0 Å². The van der Waals surface area contributed by atoms with E-state index in [2.05, 4.69) is 6.07 Å². The van der Waals surface area contributed by atoms with Crippen LogP contribution in [0.15, 0.2) is 40.6 Å². The Morgan fingerprint density at radius 3 is 2.57 bits per heavy atom. The first-order valence-corrected chi connectivity index (χ1v) is 9.11. The SMILES string of the molecule is NC(=S)c1ccc(S(=O)(=O)N2CCc3ccccc3C2)s1. The third kappa shape index (κ3) is 2.74. The highest BCUT2D eigenvalue weighted by molar-refractivity contribution is 7.91. The molecule has 7 heteroatoms. The molecule has 0 saturated heterocycles. The van der Waals surface area contributed by atoms with E-state index in [4.69, 9.17) is 18.0 Å². The van der Waals surface area contributed by atoms with Gasteiger partial charge < -0.3 is 5.73 Å². The highest BCUT2D eigenvalue weighted by Gasteiger charge is 2.29. The minimum absolute atomic E-state index is 0.227. The zero-order valence-corrected chi connectivity index (χ0v) is 13.6. The van der Waals surface area contributed by atoms with Crippen molar-refractivity contribution in [3.05, 3.63) is 52.4 Å². The van der Waals surface area contributed by atoms with Gasteiger partial charge in [-0.2, -0.15) is 4.31 Å². The highest BCUT2D eigenvalue weighted by Crippen LogP contribution is 2.29. The van der Waals surface area contributed by atoms with Crippen LogP contribution in [-0.4, -0.2) is 24.3 Å². The number of hydrogen-bond donors (Lipinski definition) is 1. The van der Waals surface area contributed by atoms with E-state index in [9.17, 15) is 8.42 Å². The predicted molar refractivity (Wildman–Crippen MR) is 87.9 cm³/mol. The Morgan fingerprint density at radius 1 is 1.19 bits per heavy atom. The van der Waals surface area contributed by atoms with Gasteiger partial charge in [-0.15, -0.1) is 11.3 Å². The fourth-order valence-corrected chi connectivity index (χ4v) is 5.32. The Balaban J connectivity index is 1.91. The average molecular weight is 338 g/mol. The summed E-state index contributed by atoms with van der Waals surface area (Å²) < 4.78 is 27.2. The lowest BCUT2D eigenvalue weighted by molar-refractivity contribution is 0.392. The maximum absolute atomic E-state index is 12.7. The molecule has 4 nitrogen and oxygen atoms in total. The lowest BCUT2D eigenvalue weighted by Gasteiger charge is -2.27. The summed E-state index contributed by atoms with van der Waals surface area (Å²) in [7, 11) is -3.48. The Kier molecular flexibility index (Phi) is 3.83. The molecule has 0 spiro atoms. The van der Waals surface area contributed by atoms with Gasteiger partial charge in [0.25, 0.3) is 10.0 Å². The molecule has 2 heterocycles. The molecule has 1 aliphatic heterocycles. The molecular formula is C14H14N2O2S3. The Labute approximate surface area is 133 Å². The van der Waals surface area contributed by atoms with Crippen molar-refractivity contribution in [2.24, 2.45) is 5.73 Å². The van der Waals surface area contributed by atoms with Crippen molar-refractivity contribution in [3.63, 3.8) is 0 Å². The minimum atomic E-state index is -3.48. The summed E-state index contributed by atoms with van der Waals surface area (Å²) in [5.41, 5.74) is 7.83. The second kappa shape index (κ2) is 5.49. The lowest BCUT2D eigenvalue weighted by atomic mass is 10.0. The number of nitrogens with two attached hydrogens (primary N) is 1. The first kappa shape index (κ1) is 14.6. The molecular weight excluding hydrogens is 324 g/mol. The largest absolute Gasteiger partial charge is 0.389 e. The monoisotopic (exact) mass is 338 g/mol. The van der Waals surface area contributed by atoms with Crippen LogP contribution in [0.5, 0.6) is 0 Å². The normalized spacial score (nSPS) is 15.6. The number of sulfonamides is 1. The van der Waals surface area contributed by atoms with Crippen LogP contribution in [0.3, 0.4) is 0 Å². The topological polar surface area (TPSA) is 63.4 Å². The van der Waals surface area contributed by atoms with Crippen molar-refractivity contribution in [1.29, 1.82) is 0 Å². The smallest absolute Gasteiger partial charge is 0.252 e. The second-order valence-corrected chi connectivity index (χ2v) is 8.53. The molecule has 2 N–H and O–H groups in total. The Bertz CT molecular complexity index is 796. The minimum Gasteiger partial charge on any atom is -0.389 e. The van der Waals surface area contributed by atoms with Crippen LogP contribution in [0.4, 0.5) is 0 Å². The summed E-state index contributed by atoms with van der Waals surface area (Å²) >= 11 is 6.01. The first-order valence-electron chi connectivity index (χ1n) is 6.45. The number of fused-ring (bicyclic) bond motifs is 1. The maximum atomic E-state index is 12.7. The molecule has 0 saturated carbocycles. The molecule has 0 unspecified atom stereocenters. The van der Waals surface area contributed by atoms with E-state index in [0.29, 0.717) is 22.2 Å². The van der Waals surface area contributed by atoms with Crippen molar-refractivity contribution < 1.29 is 8.42 Å². The van der Waals surface area contributed by atoms with Gasteiger partial charge in [-0.25, -0.2) is 8.42 Å². The van der Waals surface area contributed by atoms with Gasteiger partial charge in [0.2, 0.25) is 0 Å². The molecule has 21 heavy (non-hydrogen) atoms. The zero-order valence-electron chi connectivity index (χ0n) is 11.2. The second-order valence-electron chi connectivity index (χ2n) is 4.84. The van der Waals surface area contributed by atoms with Crippen LogP contribution in [0.2, 0.25) is 0 Å². The van der Waals surface area contributed by atoms with Crippen LogP contribution >= 0.6 is 23.6 Å². The summed E-state index contributed by atoms with van der Waals surface area (Å²) in [5, 5.41) is 0. The number of thiophene rings is 1. The highest BCUT2D eigenvalue weighted by atomic mass is 32.2. The van der Waals surface area contributed by atoms with Crippen LogP contribution in [0.1, 0.15) is 16.0 Å². The summed E-state index contributed by atoms with van der Waals surface area (Å²) in [6, 6.07) is 11.2. The molecule has 0 fully saturated rings. The van der Waals surface area contributed by atoms with E-state index in [1.54, 1.807) is 12.1 Å². The number of benzene rings is 1. The fraction of sp³-hybridized carbons (Fsp3) is 0.214. The van der Waals surface area contributed by atoms with Crippen molar-refractivity contribution in [2.45, 2.75) is 17.2 Å². The molecule has 2 aromatic rings. The fourth-order valence-electron chi connectivity index (χ4n) is 2.39. The van der Waals surface area contributed by atoms with E-state index in [-0.39, 0.29) is 4.99 Å². The van der Waals surface area contributed by atoms with Gasteiger partial charge >= 0.3 is 0 Å². The molecule has 0 atom stereocenters. The lowest BCUT2D eigenvalue weighted by Crippen LogP contribution is -2.35. The molecule has 1 aromatic heterocycles. The van der Waals surface area contributed by atoms with Gasteiger partial charge in [-0.3, -0.25) is 0 Å². The third-order valence-electron chi connectivity index (χ3n) is 3.51. The molecule has 0 amide bonds. The van der Waals surface area contributed by atoms with Crippen LogP contribution < -0.4 is 5.73 Å². The molecule has 1 aliphatic rings. The standard InChI is InChI=1S/C14H14N2O2S3/c15-14(19)12-5-6-13(20-12)21(17,18)16-8-7-10-3-1-2-4-11(10)9-16/h1-6H,7-9H2,(H2,15,19). The quantitative estimate of drug-likeness (QED) is 0.871. The van der Waals surface area contributed by atoms with Crippen LogP contribution in [0.25, 0.3) is 0 Å². The van der Waals surface area contributed by atoms with E-state index in [1.165, 1.54) is 9.87 Å². The summed E-state index contributed by atoms with van der Waals surface area (Å²) in [4.78, 5) is 0.853. The molecule has 0 aliphatic carbocycles. The summed E-state index contributed by atoms with van der Waals surface area (Å²) in [6.07, 6.45) is 0.739. The van der Waals surface area contributed by atoms with Gasteiger partial charge in [-0.05, 0) is 29.7 Å². The Morgan fingerprint density at radius 2 is 1.90 bits per heavy atom.